The third-order valence-electron chi connectivity index (χ3n) is 7.49. The standard InChI is InChI=1S/C22H28N8O/c1-14-19(23)22(13-31-14)4-8-29(9-5-22)17-11-25-18-20(26-17)27-28-21(18)30-7-3-15-2-6-24-10-16(15)12-30/h2,6,10-11,14,19H,3-5,7-9,12-13,23H2,1H3,(H,26,27,28)/t14-,19+/m0/s1. The van der Waals surface area contributed by atoms with Crippen molar-refractivity contribution in [1.82, 2.24) is 25.1 Å². The van der Waals surface area contributed by atoms with Crippen LogP contribution in [0.4, 0.5) is 11.6 Å². The van der Waals surface area contributed by atoms with E-state index in [0.717, 1.165) is 74.8 Å². The smallest absolute Gasteiger partial charge is 0.179 e. The summed E-state index contributed by atoms with van der Waals surface area (Å²) in [5.41, 5.74) is 10.7. The summed E-state index contributed by atoms with van der Waals surface area (Å²) in [6.07, 6.45) is 8.86. The Morgan fingerprint density at radius 2 is 2.03 bits per heavy atom. The van der Waals surface area contributed by atoms with Gasteiger partial charge in [0.25, 0.3) is 0 Å². The minimum Gasteiger partial charge on any atom is -0.376 e. The molecule has 0 aromatic carbocycles. The number of nitrogens with two attached hydrogens (primary N) is 1. The molecule has 6 heterocycles. The first-order valence-corrected chi connectivity index (χ1v) is 11.1. The molecular weight excluding hydrogens is 392 g/mol. The van der Waals surface area contributed by atoms with Crippen LogP contribution in [0.1, 0.15) is 30.9 Å². The highest BCUT2D eigenvalue weighted by Gasteiger charge is 2.47. The van der Waals surface area contributed by atoms with E-state index in [1.54, 1.807) is 0 Å². The SMILES string of the molecule is C[C@@H]1OCC2(CCN(c3cnc4c(N5CCc6ccncc6C5)n[nH]c4n3)CC2)[C@@H]1N. The lowest BCUT2D eigenvalue weighted by atomic mass is 9.73. The number of hydrogen-bond donors (Lipinski definition) is 2. The van der Waals surface area contributed by atoms with Crippen molar-refractivity contribution in [1.29, 1.82) is 0 Å². The van der Waals surface area contributed by atoms with Crippen LogP contribution < -0.4 is 15.5 Å². The van der Waals surface area contributed by atoms with Gasteiger partial charge in [-0.3, -0.25) is 10.1 Å². The van der Waals surface area contributed by atoms with Gasteiger partial charge in [-0.05, 0) is 43.4 Å². The van der Waals surface area contributed by atoms with Crippen molar-refractivity contribution in [2.75, 3.05) is 36.0 Å². The maximum absolute atomic E-state index is 6.46. The highest BCUT2D eigenvalue weighted by molar-refractivity contribution is 5.84. The third-order valence-corrected chi connectivity index (χ3v) is 7.49. The Bertz CT molecular complexity index is 1110. The van der Waals surface area contributed by atoms with E-state index < -0.39 is 0 Å². The summed E-state index contributed by atoms with van der Waals surface area (Å²) in [6, 6.07) is 2.22. The predicted molar refractivity (Wildman–Crippen MR) is 118 cm³/mol. The molecule has 2 fully saturated rings. The molecule has 0 unspecified atom stereocenters. The molecule has 9 nitrogen and oxygen atoms in total. The van der Waals surface area contributed by atoms with Crippen LogP contribution in [-0.2, 0) is 17.7 Å². The first kappa shape index (κ1) is 18.9. The summed E-state index contributed by atoms with van der Waals surface area (Å²) in [5.74, 6) is 1.76. The molecule has 0 aliphatic carbocycles. The molecule has 0 radical (unpaired) electrons. The predicted octanol–water partition coefficient (Wildman–Crippen LogP) is 1.64. The fourth-order valence-electron chi connectivity index (χ4n) is 5.37. The molecule has 9 heteroatoms. The lowest BCUT2D eigenvalue weighted by Gasteiger charge is -2.41. The van der Waals surface area contributed by atoms with Crippen molar-refractivity contribution < 1.29 is 4.74 Å². The summed E-state index contributed by atoms with van der Waals surface area (Å²) in [4.78, 5) is 18.4. The molecule has 31 heavy (non-hydrogen) atoms. The molecule has 3 N–H and O–H groups in total. The lowest BCUT2D eigenvalue weighted by molar-refractivity contribution is 0.0974. The van der Waals surface area contributed by atoms with Crippen LogP contribution in [0.15, 0.2) is 24.7 Å². The highest BCUT2D eigenvalue weighted by Crippen LogP contribution is 2.41. The van der Waals surface area contributed by atoms with E-state index in [1.165, 1.54) is 11.1 Å². The normalized spacial score (nSPS) is 25.4. The third kappa shape index (κ3) is 3.06. The quantitative estimate of drug-likeness (QED) is 0.644. The van der Waals surface area contributed by atoms with E-state index in [9.17, 15) is 0 Å². The molecule has 3 aliphatic rings. The number of aromatic amines is 1. The first-order valence-electron chi connectivity index (χ1n) is 11.1. The molecule has 2 atom stereocenters. The molecule has 3 aromatic heterocycles. The molecule has 1 spiro atoms. The van der Waals surface area contributed by atoms with Gasteiger partial charge in [-0.15, -0.1) is 0 Å². The molecule has 0 amide bonds. The van der Waals surface area contributed by atoms with Crippen molar-refractivity contribution in [2.24, 2.45) is 11.1 Å². The van der Waals surface area contributed by atoms with Crippen LogP contribution in [-0.4, -0.2) is 63.5 Å². The van der Waals surface area contributed by atoms with Gasteiger partial charge in [-0.2, -0.15) is 5.10 Å². The first-order chi connectivity index (χ1) is 15.1. The monoisotopic (exact) mass is 420 g/mol. The Morgan fingerprint density at radius 1 is 1.16 bits per heavy atom. The maximum Gasteiger partial charge on any atom is 0.179 e. The van der Waals surface area contributed by atoms with Crippen LogP contribution in [0.2, 0.25) is 0 Å². The lowest BCUT2D eigenvalue weighted by Crippen LogP contribution is -2.50. The largest absolute Gasteiger partial charge is 0.376 e. The number of hydrogen-bond acceptors (Lipinski definition) is 8. The van der Waals surface area contributed by atoms with Crippen LogP contribution in [0.25, 0.3) is 11.2 Å². The van der Waals surface area contributed by atoms with Crippen molar-refractivity contribution in [2.45, 2.75) is 44.9 Å². The second-order valence-electron chi connectivity index (χ2n) is 9.18. The zero-order valence-corrected chi connectivity index (χ0v) is 17.8. The number of nitrogens with zero attached hydrogens (tertiary/aromatic N) is 6. The fourth-order valence-corrected chi connectivity index (χ4v) is 5.37. The minimum atomic E-state index is 0.105. The van der Waals surface area contributed by atoms with Gasteiger partial charge in [-0.1, -0.05) is 0 Å². The van der Waals surface area contributed by atoms with Gasteiger partial charge >= 0.3 is 0 Å². The summed E-state index contributed by atoms with van der Waals surface area (Å²) < 4.78 is 5.85. The highest BCUT2D eigenvalue weighted by atomic mass is 16.5. The van der Waals surface area contributed by atoms with Gasteiger partial charge in [0.1, 0.15) is 5.82 Å². The van der Waals surface area contributed by atoms with Crippen LogP contribution in [0.3, 0.4) is 0 Å². The number of anilines is 2. The summed E-state index contributed by atoms with van der Waals surface area (Å²) in [6.45, 7) is 6.39. The van der Waals surface area contributed by atoms with Crippen LogP contribution in [0, 0.1) is 5.41 Å². The van der Waals surface area contributed by atoms with Crippen LogP contribution >= 0.6 is 0 Å². The topological polar surface area (TPSA) is 109 Å². The number of fused-ring (bicyclic) bond motifs is 2. The van der Waals surface area contributed by atoms with E-state index in [-0.39, 0.29) is 17.6 Å². The molecule has 2 saturated heterocycles. The van der Waals surface area contributed by atoms with E-state index in [4.69, 9.17) is 20.4 Å². The Hall–Kier alpha value is -2.78. The van der Waals surface area contributed by atoms with Crippen molar-refractivity contribution in [3.05, 3.63) is 35.8 Å². The molecule has 162 valence electrons. The van der Waals surface area contributed by atoms with Crippen molar-refractivity contribution >= 4 is 22.8 Å². The van der Waals surface area contributed by atoms with Gasteiger partial charge in [0, 0.05) is 50.0 Å². The molecule has 0 bridgehead atoms. The number of H-pyrrole nitrogens is 1. The maximum atomic E-state index is 6.46. The Labute approximate surface area is 181 Å². The Kier molecular flexibility index (Phi) is 4.36. The zero-order valence-electron chi connectivity index (χ0n) is 17.8. The molecule has 3 aromatic rings. The number of rotatable bonds is 2. The van der Waals surface area contributed by atoms with Gasteiger partial charge in [0.15, 0.2) is 17.0 Å². The van der Waals surface area contributed by atoms with Crippen molar-refractivity contribution in [3.63, 3.8) is 0 Å². The van der Waals surface area contributed by atoms with Crippen LogP contribution in [0.5, 0.6) is 0 Å². The second-order valence-corrected chi connectivity index (χ2v) is 9.18. The Morgan fingerprint density at radius 3 is 2.84 bits per heavy atom. The van der Waals surface area contributed by atoms with Gasteiger partial charge in [0.2, 0.25) is 0 Å². The number of piperidine rings is 1. The minimum absolute atomic E-state index is 0.105. The second kappa shape index (κ2) is 7.13. The molecule has 3 aliphatic heterocycles. The van der Waals surface area contributed by atoms with E-state index in [1.807, 2.05) is 18.6 Å². The number of nitrogens with one attached hydrogen (secondary N) is 1. The van der Waals surface area contributed by atoms with Crippen molar-refractivity contribution in [3.8, 4) is 0 Å². The fraction of sp³-hybridized carbons (Fsp3) is 0.545. The average molecular weight is 421 g/mol. The molecular formula is C22H28N8O. The van der Waals surface area contributed by atoms with E-state index in [2.05, 4.69) is 38.0 Å². The zero-order chi connectivity index (χ0) is 21.0. The molecule has 0 saturated carbocycles. The van der Waals surface area contributed by atoms with E-state index >= 15 is 0 Å². The summed E-state index contributed by atoms with van der Waals surface area (Å²) in [5, 5.41) is 7.66. The number of pyridine rings is 1. The number of aromatic nitrogens is 5. The van der Waals surface area contributed by atoms with E-state index in [0.29, 0.717) is 0 Å². The number of ether oxygens (including phenoxy) is 1. The Balaban J connectivity index is 1.20. The molecule has 6 rings (SSSR count). The van der Waals surface area contributed by atoms with Gasteiger partial charge < -0.3 is 20.3 Å². The summed E-state index contributed by atoms with van der Waals surface area (Å²) in [7, 11) is 0. The average Bonchev–Trinajstić information content (AvgIpc) is 3.36. The summed E-state index contributed by atoms with van der Waals surface area (Å²) >= 11 is 0. The van der Waals surface area contributed by atoms with Gasteiger partial charge in [-0.25, -0.2) is 9.97 Å². The van der Waals surface area contributed by atoms with Gasteiger partial charge in [0.05, 0.1) is 18.9 Å².